The number of hydrogen-bond acceptors (Lipinski definition) is 6. The summed E-state index contributed by atoms with van der Waals surface area (Å²) in [5.74, 6) is 1.67. The van der Waals surface area contributed by atoms with E-state index >= 15 is 0 Å². The topological polar surface area (TPSA) is 74.1 Å². The van der Waals surface area contributed by atoms with E-state index in [1.807, 2.05) is 35.8 Å². The Bertz CT molecular complexity index is 847. The van der Waals surface area contributed by atoms with E-state index in [0.717, 1.165) is 36.5 Å². The van der Waals surface area contributed by atoms with Gasteiger partial charge >= 0.3 is 0 Å². The Hall–Kier alpha value is -2.83. The van der Waals surface area contributed by atoms with Gasteiger partial charge < -0.3 is 19.4 Å². The second-order valence-electron chi connectivity index (χ2n) is 5.57. The Morgan fingerprint density at radius 1 is 1.16 bits per heavy atom. The fraction of sp³-hybridized carbons (Fsp3) is 0.389. The number of nitrogens with one attached hydrogen (secondary N) is 1. The maximum absolute atomic E-state index is 5.65. The minimum atomic E-state index is 0.453. The highest BCUT2D eigenvalue weighted by molar-refractivity contribution is 5.78. The van der Waals surface area contributed by atoms with Crippen LogP contribution in [-0.2, 0) is 6.54 Å². The number of nitrogens with zero attached hydrogens (tertiary/aromatic N) is 4. The van der Waals surface area contributed by atoms with Gasteiger partial charge in [0.05, 0.1) is 25.7 Å². The molecule has 132 valence electrons. The first-order valence-corrected chi connectivity index (χ1v) is 8.52. The largest absolute Gasteiger partial charge is 0.492 e. The van der Waals surface area contributed by atoms with Gasteiger partial charge in [0.2, 0.25) is 11.8 Å². The van der Waals surface area contributed by atoms with E-state index in [-0.39, 0.29) is 0 Å². The van der Waals surface area contributed by atoms with E-state index in [4.69, 9.17) is 9.47 Å². The molecule has 0 aliphatic rings. The molecule has 1 N–H and O–H groups in total. The molecule has 0 saturated heterocycles. The Labute approximate surface area is 147 Å². The highest BCUT2D eigenvalue weighted by atomic mass is 16.5. The first-order valence-electron chi connectivity index (χ1n) is 8.52. The number of anilines is 2. The van der Waals surface area contributed by atoms with Gasteiger partial charge in [-0.15, -0.1) is 0 Å². The van der Waals surface area contributed by atoms with Gasteiger partial charge in [-0.1, -0.05) is 25.5 Å². The molecule has 0 unspecified atom stereocenters. The molecule has 0 amide bonds. The SMILES string of the molecule is CCCCn1cnc2c(OC)nc(Nc3ccccc3OCC)nc21. The lowest BCUT2D eigenvalue weighted by Gasteiger charge is -2.12. The summed E-state index contributed by atoms with van der Waals surface area (Å²) in [6.45, 7) is 5.56. The zero-order valence-electron chi connectivity index (χ0n) is 14.8. The van der Waals surface area contributed by atoms with E-state index in [0.29, 0.717) is 24.0 Å². The Balaban J connectivity index is 1.99. The van der Waals surface area contributed by atoms with Crippen molar-refractivity contribution in [3.63, 3.8) is 0 Å². The van der Waals surface area contributed by atoms with Gasteiger partial charge in [0.15, 0.2) is 11.2 Å². The number of imidazole rings is 1. The van der Waals surface area contributed by atoms with Crippen LogP contribution >= 0.6 is 0 Å². The number of benzene rings is 1. The molecule has 0 radical (unpaired) electrons. The molecular formula is C18H23N5O2. The maximum atomic E-state index is 5.65. The van der Waals surface area contributed by atoms with Gasteiger partial charge in [-0.3, -0.25) is 0 Å². The van der Waals surface area contributed by atoms with Crippen molar-refractivity contribution in [2.45, 2.75) is 33.2 Å². The molecule has 2 aromatic heterocycles. The second-order valence-corrected chi connectivity index (χ2v) is 5.57. The van der Waals surface area contributed by atoms with Crippen LogP contribution in [0.15, 0.2) is 30.6 Å². The van der Waals surface area contributed by atoms with Crippen LogP contribution in [0, 0.1) is 0 Å². The van der Waals surface area contributed by atoms with E-state index in [2.05, 4.69) is 27.2 Å². The number of unbranched alkanes of at least 4 members (excludes halogenated alkanes) is 1. The summed E-state index contributed by atoms with van der Waals surface area (Å²) in [6, 6.07) is 7.71. The van der Waals surface area contributed by atoms with Crippen LogP contribution < -0.4 is 14.8 Å². The van der Waals surface area contributed by atoms with Crippen LogP contribution in [0.5, 0.6) is 11.6 Å². The van der Waals surface area contributed by atoms with E-state index in [9.17, 15) is 0 Å². The summed E-state index contributed by atoms with van der Waals surface area (Å²) in [7, 11) is 1.59. The first kappa shape index (κ1) is 17.0. The number of rotatable bonds is 8. The number of methoxy groups -OCH3 is 1. The second kappa shape index (κ2) is 7.83. The van der Waals surface area contributed by atoms with Crippen LogP contribution in [0.1, 0.15) is 26.7 Å². The van der Waals surface area contributed by atoms with Gasteiger partial charge in [0.25, 0.3) is 0 Å². The Morgan fingerprint density at radius 3 is 2.76 bits per heavy atom. The molecule has 0 bridgehead atoms. The maximum Gasteiger partial charge on any atom is 0.246 e. The molecule has 0 atom stereocenters. The highest BCUT2D eigenvalue weighted by Crippen LogP contribution is 2.29. The Kier molecular flexibility index (Phi) is 5.33. The molecule has 1 aromatic carbocycles. The fourth-order valence-electron chi connectivity index (χ4n) is 2.58. The standard InChI is InChI=1S/C18H23N5O2/c1-4-6-11-23-12-19-15-16(23)21-18(22-17(15)24-3)20-13-9-7-8-10-14(13)25-5-2/h7-10,12H,4-6,11H2,1-3H3,(H,20,21,22). The van der Waals surface area contributed by atoms with E-state index in [1.54, 1.807) is 13.4 Å². The summed E-state index contributed by atoms with van der Waals surface area (Å²) in [6.07, 6.45) is 3.96. The van der Waals surface area contributed by atoms with Gasteiger partial charge in [-0.2, -0.15) is 9.97 Å². The predicted molar refractivity (Wildman–Crippen MR) is 97.7 cm³/mol. The third-order valence-corrected chi connectivity index (χ3v) is 3.81. The van der Waals surface area contributed by atoms with Crippen molar-refractivity contribution in [1.82, 2.24) is 19.5 Å². The van der Waals surface area contributed by atoms with Crippen LogP contribution in [0.4, 0.5) is 11.6 Å². The molecule has 3 rings (SSSR count). The summed E-state index contributed by atoms with van der Waals surface area (Å²) >= 11 is 0. The molecule has 0 aliphatic heterocycles. The fourth-order valence-corrected chi connectivity index (χ4v) is 2.58. The number of aryl methyl sites for hydroxylation is 1. The van der Waals surface area contributed by atoms with Gasteiger partial charge in [0, 0.05) is 6.54 Å². The zero-order chi connectivity index (χ0) is 17.6. The van der Waals surface area contributed by atoms with Crippen LogP contribution in [-0.4, -0.2) is 33.2 Å². The van der Waals surface area contributed by atoms with Crippen molar-refractivity contribution < 1.29 is 9.47 Å². The molecule has 2 heterocycles. The lowest BCUT2D eigenvalue weighted by molar-refractivity contribution is 0.342. The number of hydrogen-bond donors (Lipinski definition) is 1. The molecule has 0 aliphatic carbocycles. The van der Waals surface area contributed by atoms with Crippen molar-refractivity contribution in [3.05, 3.63) is 30.6 Å². The summed E-state index contributed by atoms with van der Waals surface area (Å²) in [5.41, 5.74) is 2.24. The normalized spacial score (nSPS) is 10.8. The van der Waals surface area contributed by atoms with Gasteiger partial charge in [-0.25, -0.2) is 4.98 Å². The number of aromatic nitrogens is 4. The van der Waals surface area contributed by atoms with Crippen LogP contribution in [0.2, 0.25) is 0 Å². The van der Waals surface area contributed by atoms with Crippen molar-refractivity contribution in [2.24, 2.45) is 0 Å². The predicted octanol–water partition coefficient (Wildman–Crippen LogP) is 3.78. The molecular weight excluding hydrogens is 318 g/mol. The third kappa shape index (κ3) is 3.65. The van der Waals surface area contributed by atoms with Crippen molar-refractivity contribution in [2.75, 3.05) is 19.0 Å². The lowest BCUT2D eigenvalue weighted by Crippen LogP contribution is -2.04. The molecule has 3 aromatic rings. The zero-order valence-corrected chi connectivity index (χ0v) is 14.8. The van der Waals surface area contributed by atoms with Gasteiger partial charge in [0.1, 0.15) is 5.75 Å². The number of fused-ring (bicyclic) bond motifs is 1. The molecule has 0 saturated carbocycles. The molecule has 0 fully saturated rings. The molecule has 7 nitrogen and oxygen atoms in total. The summed E-state index contributed by atoms with van der Waals surface area (Å²) in [4.78, 5) is 13.5. The lowest BCUT2D eigenvalue weighted by atomic mass is 10.3. The van der Waals surface area contributed by atoms with Crippen molar-refractivity contribution >= 4 is 22.8 Å². The average Bonchev–Trinajstić information content (AvgIpc) is 3.04. The van der Waals surface area contributed by atoms with E-state index < -0.39 is 0 Å². The minimum Gasteiger partial charge on any atom is -0.492 e. The van der Waals surface area contributed by atoms with Crippen molar-refractivity contribution in [3.8, 4) is 11.6 Å². The molecule has 25 heavy (non-hydrogen) atoms. The smallest absolute Gasteiger partial charge is 0.246 e. The van der Waals surface area contributed by atoms with Crippen LogP contribution in [0.25, 0.3) is 11.2 Å². The molecule has 0 spiro atoms. The Morgan fingerprint density at radius 2 is 2.00 bits per heavy atom. The third-order valence-electron chi connectivity index (χ3n) is 3.81. The number of para-hydroxylation sites is 2. The van der Waals surface area contributed by atoms with E-state index in [1.165, 1.54) is 0 Å². The van der Waals surface area contributed by atoms with Crippen LogP contribution in [0.3, 0.4) is 0 Å². The minimum absolute atomic E-state index is 0.453. The highest BCUT2D eigenvalue weighted by Gasteiger charge is 2.14. The summed E-state index contributed by atoms with van der Waals surface area (Å²) in [5, 5.41) is 3.23. The van der Waals surface area contributed by atoms with Gasteiger partial charge in [-0.05, 0) is 25.5 Å². The quantitative estimate of drug-likeness (QED) is 0.672. The van der Waals surface area contributed by atoms with Crippen molar-refractivity contribution in [1.29, 1.82) is 0 Å². The summed E-state index contributed by atoms with van der Waals surface area (Å²) < 4.78 is 13.1. The molecule has 7 heteroatoms. The first-order chi connectivity index (χ1) is 12.3. The average molecular weight is 341 g/mol. The number of ether oxygens (including phenoxy) is 2. The monoisotopic (exact) mass is 341 g/mol.